The smallest absolute Gasteiger partial charge is 0.349 e. The molecule has 0 aliphatic rings. The van der Waals surface area contributed by atoms with Crippen molar-refractivity contribution in [1.29, 1.82) is 0 Å². The Labute approximate surface area is 134 Å². The average Bonchev–Trinajstić information content (AvgIpc) is 2.98. The Kier molecular flexibility index (Phi) is 5.22. The van der Waals surface area contributed by atoms with Gasteiger partial charge in [-0.05, 0) is 19.1 Å². The van der Waals surface area contributed by atoms with Crippen molar-refractivity contribution < 1.29 is 27.8 Å². The average molecular weight is 342 g/mol. The van der Waals surface area contributed by atoms with E-state index in [0.29, 0.717) is 0 Å². The van der Waals surface area contributed by atoms with Gasteiger partial charge in [-0.2, -0.15) is 0 Å². The molecule has 0 radical (unpaired) electrons. The van der Waals surface area contributed by atoms with Crippen molar-refractivity contribution in [3.8, 4) is 5.75 Å². The lowest BCUT2D eigenvalue weighted by Gasteiger charge is -2.13. The van der Waals surface area contributed by atoms with Crippen molar-refractivity contribution >= 4 is 28.3 Å². The number of anilines is 1. The van der Waals surface area contributed by atoms with Gasteiger partial charge in [0.25, 0.3) is 5.91 Å². The molecule has 0 fully saturated rings. The molecule has 0 saturated heterocycles. The van der Waals surface area contributed by atoms with Gasteiger partial charge in [0, 0.05) is 6.07 Å². The number of thiazole rings is 1. The number of esters is 1. The number of rotatable bonds is 5. The first-order valence-corrected chi connectivity index (χ1v) is 7.19. The quantitative estimate of drug-likeness (QED) is 0.845. The molecular formula is C14H12F2N2O4S. The van der Waals surface area contributed by atoms with Crippen LogP contribution in [0.4, 0.5) is 13.9 Å². The first-order valence-electron chi connectivity index (χ1n) is 6.37. The van der Waals surface area contributed by atoms with Crippen molar-refractivity contribution in [3.63, 3.8) is 0 Å². The summed E-state index contributed by atoms with van der Waals surface area (Å²) in [5.41, 5.74) is 0. The zero-order valence-electron chi connectivity index (χ0n) is 12.1. The number of carbonyl (C=O) groups is 2. The number of halogens is 2. The predicted octanol–water partition coefficient (Wildman–Crippen LogP) is 2.61. The van der Waals surface area contributed by atoms with E-state index in [1.807, 2.05) is 0 Å². The number of nitrogens with one attached hydrogen (secondary N) is 1. The lowest BCUT2D eigenvalue weighted by molar-refractivity contribution is -0.122. The fourth-order valence-electron chi connectivity index (χ4n) is 1.54. The Morgan fingerprint density at radius 2 is 2.04 bits per heavy atom. The molecule has 0 spiro atoms. The highest BCUT2D eigenvalue weighted by molar-refractivity contribution is 7.17. The molecule has 6 nitrogen and oxygen atoms in total. The Morgan fingerprint density at radius 1 is 1.30 bits per heavy atom. The fraction of sp³-hybridized carbons (Fsp3) is 0.214. The molecule has 1 aromatic heterocycles. The summed E-state index contributed by atoms with van der Waals surface area (Å²) in [6.07, 6.45) is 0.290. The van der Waals surface area contributed by atoms with E-state index in [2.05, 4.69) is 15.0 Å². The van der Waals surface area contributed by atoms with Crippen LogP contribution in [0.2, 0.25) is 0 Å². The van der Waals surface area contributed by atoms with Gasteiger partial charge in [0.15, 0.2) is 22.9 Å². The molecule has 0 saturated carbocycles. The third-order valence-electron chi connectivity index (χ3n) is 2.70. The van der Waals surface area contributed by atoms with E-state index >= 15 is 0 Å². The van der Waals surface area contributed by atoms with Gasteiger partial charge in [-0.3, -0.25) is 10.1 Å². The van der Waals surface area contributed by atoms with E-state index in [4.69, 9.17) is 4.74 Å². The molecule has 1 atom stereocenters. The highest BCUT2D eigenvalue weighted by Crippen LogP contribution is 2.20. The number of benzene rings is 1. The number of aromatic nitrogens is 1. The summed E-state index contributed by atoms with van der Waals surface area (Å²) in [6, 6.07) is 2.96. The van der Waals surface area contributed by atoms with Crippen molar-refractivity contribution in [3.05, 3.63) is 40.9 Å². The molecule has 2 rings (SSSR count). The Morgan fingerprint density at radius 3 is 2.70 bits per heavy atom. The number of ether oxygens (including phenoxy) is 2. The van der Waals surface area contributed by atoms with E-state index in [1.54, 1.807) is 0 Å². The molecule has 122 valence electrons. The monoisotopic (exact) mass is 342 g/mol. The molecule has 9 heteroatoms. The molecule has 1 amide bonds. The summed E-state index contributed by atoms with van der Waals surface area (Å²) < 4.78 is 35.7. The molecular weight excluding hydrogens is 330 g/mol. The normalized spacial score (nSPS) is 11.7. The molecule has 1 aromatic carbocycles. The molecule has 23 heavy (non-hydrogen) atoms. The molecule has 2 aromatic rings. The zero-order chi connectivity index (χ0) is 17.0. The maximum absolute atomic E-state index is 13.1. The largest absolute Gasteiger partial charge is 0.481 e. The summed E-state index contributed by atoms with van der Waals surface area (Å²) in [5, 5.41) is 2.65. The van der Waals surface area contributed by atoms with Crippen molar-refractivity contribution in [2.45, 2.75) is 13.0 Å². The van der Waals surface area contributed by atoms with Crippen LogP contribution in [0.5, 0.6) is 5.75 Å². The molecule has 0 unspecified atom stereocenters. The van der Waals surface area contributed by atoms with Gasteiger partial charge >= 0.3 is 5.97 Å². The lowest BCUT2D eigenvalue weighted by atomic mass is 10.3. The summed E-state index contributed by atoms with van der Waals surface area (Å²) in [4.78, 5) is 27.3. The van der Waals surface area contributed by atoms with Crippen LogP contribution in [0, 0.1) is 11.6 Å². The third kappa shape index (κ3) is 4.22. The molecule has 1 N–H and O–H groups in total. The summed E-state index contributed by atoms with van der Waals surface area (Å²) in [5.74, 6) is -3.18. The van der Waals surface area contributed by atoms with Crippen molar-refractivity contribution in [2.75, 3.05) is 12.4 Å². The minimum Gasteiger partial charge on any atom is -0.481 e. The van der Waals surface area contributed by atoms with Gasteiger partial charge in [-0.15, -0.1) is 0 Å². The van der Waals surface area contributed by atoms with E-state index in [-0.39, 0.29) is 15.8 Å². The van der Waals surface area contributed by atoms with E-state index in [0.717, 1.165) is 23.5 Å². The Balaban J connectivity index is 1.98. The first-order chi connectivity index (χ1) is 10.9. The van der Waals surface area contributed by atoms with Gasteiger partial charge in [-0.25, -0.2) is 18.6 Å². The van der Waals surface area contributed by atoms with E-state index in [1.165, 1.54) is 26.3 Å². The van der Waals surface area contributed by atoms with Crippen molar-refractivity contribution in [2.24, 2.45) is 0 Å². The molecule has 1 heterocycles. The number of hydrogen-bond donors (Lipinski definition) is 1. The van der Waals surface area contributed by atoms with E-state index in [9.17, 15) is 18.4 Å². The highest BCUT2D eigenvalue weighted by Gasteiger charge is 2.18. The molecule has 0 bridgehead atoms. The minimum absolute atomic E-state index is 0.0148. The minimum atomic E-state index is -1.07. The first kappa shape index (κ1) is 16.8. The van der Waals surface area contributed by atoms with Gasteiger partial charge in [0.2, 0.25) is 0 Å². The standard InChI is InChI=1S/C14H12F2N2O4S/c1-7(22-8-3-4-9(15)10(16)5-8)12(19)18-14-17-6-11(23-14)13(20)21-2/h3-7H,1-2H3,(H,17,18,19)/t7-/m1/s1. The van der Waals surface area contributed by atoms with Crippen LogP contribution in [-0.2, 0) is 9.53 Å². The van der Waals surface area contributed by atoms with Crippen LogP contribution in [0.25, 0.3) is 0 Å². The lowest BCUT2D eigenvalue weighted by Crippen LogP contribution is -2.30. The van der Waals surface area contributed by atoms with Gasteiger partial charge in [0.1, 0.15) is 10.6 Å². The Hall–Kier alpha value is -2.55. The maximum Gasteiger partial charge on any atom is 0.349 e. The number of carbonyl (C=O) groups excluding carboxylic acids is 2. The second-order valence-corrected chi connectivity index (χ2v) is 5.38. The summed E-state index contributed by atoms with van der Waals surface area (Å²) >= 11 is 0.939. The van der Waals surface area contributed by atoms with E-state index < -0.39 is 29.6 Å². The van der Waals surface area contributed by atoms with Gasteiger partial charge < -0.3 is 9.47 Å². The highest BCUT2D eigenvalue weighted by atomic mass is 32.1. The molecule has 0 aliphatic heterocycles. The van der Waals surface area contributed by atoms with Crippen LogP contribution < -0.4 is 10.1 Å². The SMILES string of the molecule is COC(=O)c1cnc(NC(=O)[C@@H](C)Oc2ccc(F)c(F)c2)s1. The van der Waals surface area contributed by atoms with Crippen LogP contribution in [0.15, 0.2) is 24.4 Å². The van der Waals surface area contributed by atoms with Crippen LogP contribution in [0.3, 0.4) is 0 Å². The summed E-state index contributed by atoms with van der Waals surface area (Å²) in [6.45, 7) is 1.44. The zero-order valence-corrected chi connectivity index (χ0v) is 12.9. The number of amides is 1. The van der Waals surface area contributed by atoms with Gasteiger partial charge in [0.05, 0.1) is 13.3 Å². The van der Waals surface area contributed by atoms with Gasteiger partial charge in [-0.1, -0.05) is 11.3 Å². The third-order valence-corrected chi connectivity index (χ3v) is 3.59. The summed E-state index contributed by atoms with van der Waals surface area (Å²) in [7, 11) is 1.23. The van der Waals surface area contributed by atoms with Crippen LogP contribution in [0.1, 0.15) is 16.6 Å². The molecule has 0 aliphatic carbocycles. The second kappa shape index (κ2) is 7.14. The fourth-order valence-corrected chi connectivity index (χ4v) is 2.28. The second-order valence-electron chi connectivity index (χ2n) is 4.35. The Bertz CT molecular complexity index is 735. The van der Waals surface area contributed by atoms with Crippen LogP contribution in [-0.4, -0.2) is 30.1 Å². The predicted molar refractivity (Wildman–Crippen MR) is 78.5 cm³/mol. The topological polar surface area (TPSA) is 77.5 Å². The number of methoxy groups -OCH3 is 1. The number of nitrogens with zero attached hydrogens (tertiary/aromatic N) is 1. The number of hydrogen-bond acceptors (Lipinski definition) is 6. The maximum atomic E-state index is 13.1. The van der Waals surface area contributed by atoms with Crippen molar-refractivity contribution in [1.82, 2.24) is 4.98 Å². The van der Waals surface area contributed by atoms with Crippen LogP contribution >= 0.6 is 11.3 Å².